The van der Waals surface area contributed by atoms with Crippen molar-refractivity contribution in [1.29, 1.82) is 0 Å². The van der Waals surface area contributed by atoms with E-state index < -0.39 is 0 Å². The van der Waals surface area contributed by atoms with E-state index in [9.17, 15) is 4.79 Å². The van der Waals surface area contributed by atoms with Crippen molar-refractivity contribution < 1.29 is 9.53 Å². The van der Waals surface area contributed by atoms with Crippen LogP contribution in [-0.4, -0.2) is 37.0 Å². The zero-order valence-corrected chi connectivity index (χ0v) is 17.9. The number of piperazine rings is 1. The molecule has 1 aliphatic rings. The second kappa shape index (κ2) is 9.98. The monoisotopic (exact) mass is 412 g/mol. The molecule has 4 heteroatoms. The van der Waals surface area contributed by atoms with Crippen LogP contribution >= 0.6 is 0 Å². The Balaban J connectivity index is 1.30. The zero-order chi connectivity index (χ0) is 21.5. The molecule has 1 amide bonds. The minimum atomic E-state index is 0.0551. The van der Waals surface area contributed by atoms with Gasteiger partial charge in [0.25, 0.3) is 0 Å². The number of nitrogens with zero attached hydrogens (tertiary/aromatic N) is 2. The highest BCUT2D eigenvalue weighted by Gasteiger charge is 2.19. The Morgan fingerprint density at radius 1 is 0.903 bits per heavy atom. The number of anilines is 1. The summed E-state index contributed by atoms with van der Waals surface area (Å²) in [7, 11) is 0. The lowest BCUT2D eigenvalue weighted by atomic mass is 10.1. The Bertz CT molecular complexity index is 1040. The van der Waals surface area contributed by atoms with E-state index in [4.69, 9.17) is 4.74 Å². The van der Waals surface area contributed by atoms with Crippen molar-refractivity contribution in [2.45, 2.75) is 13.5 Å². The van der Waals surface area contributed by atoms with Gasteiger partial charge in [-0.2, -0.15) is 0 Å². The quantitative estimate of drug-likeness (QED) is 0.538. The summed E-state index contributed by atoms with van der Waals surface area (Å²) >= 11 is 0. The van der Waals surface area contributed by atoms with Gasteiger partial charge >= 0.3 is 0 Å². The Morgan fingerprint density at radius 2 is 1.68 bits per heavy atom. The maximum Gasteiger partial charge on any atom is 0.246 e. The molecule has 1 fully saturated rings. The SMILES string of the molecule is Cc1cccc(N2CCN(C(=O)/C=C/c3cccc(OCc4ccccc4)c3)CC2)c1. The molecular formula is C27H28N2O2. The Kier molecular flexibility index (Phi) is 6.68. The molecule has 31 heavy (non-hydrogen) atoms. The van der Waals surface area contributed by atoms with Crippen LogP contribution < -0.4 is 9.64 Å². The molecule has 1 heterocycles. The van der Waals surface area contributed by atoms with Crippen molar-refractivity contribution in [3.05, 3.63) is 102 Å². The summed E-state index contributed by atoms with van der Waals surface area (Å²) in [5.74, 6) is 0.852. The maximum atomic E-state index is 12.7. The van der Waals surface area contributed by atoms with Crippen LogP contribution in [-0.2, 0) is 11.4 Å². The molecule has 0 saturated carbocycles. The van der Waals surface area contributed by atoms with Gasteiger partial charge in [0.1, 0.15) is 12.4 Å². The van der Waals surface area contributed by atoms with E-state index in [0.29, 0.717) is 6.61 Å². The molecule has 4 nitrogen and oxygen atoms in total. The van der Waals surface area contributed by atoms with E-state index in [2.05, 4.69) is 36.1 Å². The van der Waals surface area contributed by atoms with Crippen molar-refractivity contribution in [3.8, 4) is 5.75 Å². The van der Waals surface area contributed by atoms with Gasteiger partial charge in [-0.3, -0.25) is 4.79 Å². The summed E-state index contributed by atoms with van der Waals surface area (Å²) in [5, 5.41) is 0. The largest absolute Gasteiger partial charge is 0.489 e. The van der Waals surface area contributed by atoms with Crippen LogP contribution in [0.3, 0.4) is 0 Å². The number of carbonyl (C=O) groups excluding carboxylic acids is 1. The third kappa shape index (κ3) is 5.76. The van der Waals surface area contributed by atoms with Gasteiger partial charge in [0.05, 0.1) is 0 Å². The molecule has 1 saturated heterocycles. The molecule has 0 spiro atoms. The number of benzene rings is 3. The second-order valence-electron chi connectivity index (χ2n) is 7.83. The molecule has 4 rings (SSSR count). The summed E-state index contributed by atoms with van der Waals surface area (Å²) in [5.41, 5.74) is 4.57. The first-order valence-corrected chi connectivity index (χ1v) is 10.7. The van der Waals surface area contributed by atoms with Crippen LogP contribution in [0.2, 0.25) is 0 Å². The van der Waals surface area contributed by atoms with Crippen molar-refractivity contribution in [3.63, 3.8) is 0 Å². The molecule has 3 aromatic carbocycles. The normalized spacial score (nSPS) is 14.1. The topological polar surface area (TPSA) is 32.8 Å². The summed E-state index contributed by atoms with van der Waals surface area (Å²) in [6, 6.07) is 26.4. The van der Waals surface area contributed by atoms with Crippen molar-refractivity contribution in [1.82, 2.24) is 4.90 Å². The van der Waals surface area contributed by atoms with E-state index in [1.54, 1.807) is 6.08 Å². The number of hydrogen-bond acceptors (Lipinski definition) is 3. The van der Waals surface area contributed by atoms with Crippen LogP contribution in [0.1, 0.15) is 16.7 Å². The lowest BCUT2D eigenvalue weighted by molar-refractivity contribution is -0.126. The fourth-order valence-electron chi connectivity index (χ4n) is 3.73. The van der Waals surface area contributed by atoms with E-state index in [0.717, 1.165) is 43.1 Å². The van der Waals surface area contributed by atoms with E-state index in [1.807, 2.05) is 65.6 Å². The molecule has 0 N–H and O–H groups in total. The number of hydrogen-bond donors (Lipinski definition) is 0. The smallest absolute Gasteiger partial charge is 0.246 e. The molecule has 0 radical (unpaired) electrons. The fourth-order valence-corrected chi connectivity index (χ4v) is 3.73. The predicted octanol–water partition coefficient (Wildman–Crippen LogP) is 4.94. The molecule has 0 atom stereocenters. The van der Waals surface area contributed by atoms with Crippen molar-refractivity contribution in [2.75, 3.05) is 31.1 Å². The molecule has 0 bridgehead atoms. The van der Waals surface area contributed by atoms with Crippen molar-refractivity contribution in [2.24, 2.45) is 0 Å². The minimum Gasteiger partial charge on any atom is -0.489 e. The van der Waals surface area contributed by atoms with Gasteiger partial charge in [-0.05, 0) is 54.0 Å². The van der Waals surface area contributed by atoms with E-state index >= 15 is 0 Å². The minimum absolute atomic E-state index is 0.0551. The lowest BCUT2D eigenvalue weighted by Crippen LogP contribution is -2.48. The number of rotatable bonds is 6. The van der Waals surface area contributed by atoms with Gasteiger partial charge in [0.15, 0.2) is 0 Å². The standard InChI is InChI=1S/C27H28N2O2/c1-22-7-5-11-25(19-22)28-15-17-29(18-16-28)27(30)14-13-23-10-6-12-26(20-23)31-21-24-8-3-2-4-9-24/h2-14,19-20H,15-18,21H2,1H3/b14-13+. The van der Waals surface area contributed by atoms with Crippen LogP contribution in [0.25, 0.3) is 6.08 Å². The van der Waals surface area contributed by atoms with Gasteiger partial charge in [-0.1, -0.05) is 54.6 Å². The molecule has 158 valence electrons. The highest BCUT2D eigenvalue weighted by molar-refractivity contribution is 5.92. The number of carbonyl (C=O) groups is 1. The lowest BCUT2D eigenvalue weighted by Gasteiger charge is -2.35. The Hall–Kier alpha value is -3.53. The van der Waals surface area contributed by atoms with Crippen LogP contribution in [0.5, 0.6) is 5.75 Å². The summed E-state index contributed by atoms with van der Waals surface area (Å²) in [4.78, 5) is 16.9. The number of aryl methyl sites for hydroxylation is 1. The second-order valence-corrected chi connectivity index (χ2v) is 7.83. The highest BCUT2D eigenvalue weighted by Crippen LogP contribution is 2.19. The van der Waals surface area contributed by atoms with E-state index in [-0.39, 0.29) is 5.91 Å². The third-order valence-electron chi connectivity index (χ3n) is 5.48. The van der Waals surface area contributed by atoms with Gasteiger partial charge in [-0.25, -0.2) is 0 Å². The van der Waals surface area contributed by atoms with Gasteiger partial charge < -0.3 is 14.5 Å². The molecule has 0 unspecified atom stereocenters. The third-order valence-corrected chi connectivity index (χ3v) is 5.48. The number of amides is 1. The first kappa shape index (κ1) is 20.7. The summed E-state index contributed by atoms with van der Waals surface area (Å²) < 4.78 is 5.88. The average molecular weight is 413 g/mol. The molecular weight excluding hydrogens is 384 g/mol. The van der Waals surface area contributed by atoms with Gasteiger partial charge in [0, 0.05) is 37.9 Å². The molecule has 3 aromatic rings. The predicted molar refractivity (Wildman–Crippen MR) is 126 cm³/mol. The van der Waals surface area contributed by atoms with Crippen molar-refractivity contribution >= 4 is 17.7 Å². The summed E-state index contributed by atoms with van der Waals surface area (Å²) in [6.45, 7) is 5.81. The highest BCUT2D eigenvalue weighted by atomic mass is 16.5. The Labute approximate surface area is 184 Å². The number of ether oxygens (including phenoxy) is 1. The fraction of sp³-hybridized carbons (Fsp3) is 0.222. The summed E-state index contributed by atoms with van der Waals surface area (Å²) in [6.07, 6.45) is 3.53. The van der Waals surface area contributed by atoms with Crippen LogP contribution in [0.4, 0.5) is 5.69 Å². The Morgan fingerprint density at radius 3 is 2.45 bits per heavy atom. The zero-order valence-electron chi connectivity index (χ0n) is 17.9. The molecule has 0 aromatic heterocycles. The van der Waals surface area contributed by atoms with Gasteiger partial charge in [-0.15, -0.1) is 0 Å². The molecule has 0 aliphatic carbocycles. The van der Waals surface area contributed by atoms with Gasteiger partial charge in [0.2, 0.25) is 5.91 Å². The van der Waals surface area contributed by atoms with E-state index in [1.165, 1.54) is 11.3 Å². The molecule has 1 aliphatic heterocycles. The first-order valence-electron chi connectivity index (χ1n) is 10.7. The van der Waals surface area contributed by atoms with Crippen LogP contribution in [0, 0.1) is 6.92 Å². The average Bonchev–Trinajstić information content (AvgIpc) is 2.82. The van der Waals surface area contributed by atoms with Crippen LogP contribution in [0.15, 0.2) is 84.9 Å². The first-order chi connectivity index (χ1) is 15.2. The maximum absolute atomic E-state index is 12.7.